The van der Waals surface area contributed by atoms with Crippen LogP contribution in [0, 0.1) is 17.5 Å². The van der Waals surface area contributed by atoms with Gasteiger partial charge in [0, 0.05) is 25.2 Å². The molecule has 2 heterocycles. The average molecular weight is 469 g/mol. The van der Waals surface area contributed by atoms with Gasteiger partial charge < -0.3 is 14.4 Å². The van der Waals surface area contributed by atoms with E-state index in [4.69, 9.17) is 21.1 Å². The molecule has 0 saturated carbocycles. The van der Waals surface area contributed by atoms with Crippen molar-refractivity contribution in [3.8, 4) is 5.75 Å². The summed E-state index contributed by atoms with van der Waals surface area (Å²) in [7, 11) is 0. The highest BCUT2D eigenvalue weighted by atomic mass is 35.5. The number of carbonyl (C=O) groups is 1. The Bertz CT molecular complexity index is 971. The molecule has 2 atom stereocenters. The Morgan fingerprint density at radius 2 is 1.69 bits per heavy atom. The Morgan fingerprint density at radius 1 is 1.00 bits per heavy atom. The standard InChI is InChI=1S/C23H24ClF3N2O3/c24-18-14-16(26)4-6-20(18)32-22-21(17-13-15(25)3-5-19(17)27)29(23(22)30)8-2-1-7-28-9-11-31-12-10-28/h3-6,13-14,21-22H,1-2,7-12H2/t21-,22+/m0/s1. The fourth-order valence-corrected chi connectivity index (χ4v) is 4.31. The maximum atomic E-state index is 14.6. The summed E-state index contributed by atoms with van der Waals surface area (Å²) in [5, 5.41) is 0.000209. The summed E-state index contributed by atoms with van der Waals surface area (Å²) in [6.07, 6.45) is 0.492. The van der Waals surface area contributed by atoms with E-state index in [1.165, 1.54) is 11.0 Å². The molecule has 2 aromatic carbocycles. The normalized spacial score (nSPS) is 21.5. The van der Waals surface area contributed by atoms with E-state index >= 15 is 0 Å². The van der Waals surface area contributed by atoms with Crippen LogP contribution in [0.25, 0.3) is 0 Å². The first kappa shape index (κ1) is 22.9. The van der Waals surface area contributed by atoms with Gasteiger partial charge in [0.2, 0.25) is 6.10 Å². The fraction of sp³-hybridized carbons (Fsp3) is 0.435. The second kappa shape index (κ2) is 10.1. The van der Waals surface area contributed by atoms with Gasteiger partial charge in [-0.1, -0.05) is 11.6 Å². The van der Waals surface area contributed by atoms with Crippen molar-refractivity contribution < 1.29 is 27.4 Å². The zero-order valence-electron chi connectivity index (χ0n) is 17.4. The molecule has 4 rings (SSSR count). The van der Waals surface area contributed by atoms with Crippen LogP contribution in [-0.4, -0.2) is 61.2 Å². The van der Waals surface area contributed by atoms with E-state index in [1.54, 1.807) is 0 Å². The van der Waals surface area contributed by atoms with Gasteiger partial charge in [-0.15, -0.1) is 0 Å². The molecule has 0 aliphatic carbocycles. The van der Waals surface area contributed by atoms with Crippen LogP contribution in [0.1, 0.15) is 24.4 Å². The molecule has 172 valence electrons. The third kappa shape index (κ3) is 5.03. The van der Waals surface area contributed by atoms with Crippen LogP contribution in [0.5, 0.6) is 5.75 Å². The molecule has 2 fully saturated rings. The van der Waals surface area contributed by atoms with Crippen LogP contribution in [0.3, 0.4) is 0 Å². The van der Waals surface area contributed by atoms with Gasteiger partial charge in [-0.3, -0.25) is 9.69 Å². The first-order valence-electron chi connectivity index (χ1n) is 10.6. The van der Waals surface area contributed by atoms with Gasteiger partial charge in [-0.05, 0) is 55.8 Å². The molecular weight excluding hydrogens is 445 g/mol. The molecule has 0 N–H and O–H groups in total. The number of β-lactam (4-membered cyclic amide) rings is 1. The van der Waals surface area contributed by atoms with Crippen molar-refractivity contribution in [2.75, 3.05) is 39.4 Å². The van der Waals surface area contributed by atoms with Crippen LogP contribution in [0.2, 0.25) is 5.02 Å². The van der Waals surface area contributed by atoms with E-state index in [0.29, 0.717) is 13.0 Å². The van der Waals surface area contributed by atoms with E-state index in [9.17, 15) is 18.0 Å². The van der Waals surface area contributed by atoms with Crippen molar-refractivity contribution in [1.82, 2.24) is 9.80 Å². The second-order valence-corrected chi connectivity index (χ2v) is 8.32. The number of nitrogens with zero attached hydrogens (tertiary/aromatic N) is 2. The van der Waals surface area contributed by atoms with Gasteiger partial charge in [0.1, 0.15) is 29.2 Å². The second-order valence-electron chi connectivity index (χ2n) is 7.92. The monoisotopic (exact) mass is 468 g/mol. The molecule has 2 saturated heterocycles. The van der Waals surface area contributed by atoms with E-state index < -0.39 is 29.6 Å². The van der Waals surface area contributed by atoms with Gasteiger partial charge in [0.05, 0.1) is 18.2 Å². The number of hydrogen-bond acceptors (Lipinski definition) is 4. The number of benzene rings is 2. The van der Waals surface area contributed by atoms with Crippen molar-refractivity contribution in [2.45, 2.75) is 25.0 Å². The lowest BCUT2D eigenvalue weighted by Gasteiger charge is -2.47. The molecule has 0 radical (unpaired) electrons. The minimum atomic E-state index is -1.08. The molecule has 2 aliphatic heterocycles. The minimum absolute atomic E-state index is 0.000209. The zero-order chi connectivity index (χ0) is 22.7. The van der Waals surface area contributed by atoms with Crippen LogP contribution >= 0.6 is 11.6 Å². The number of amides is 1. The molecular formula is C23H24ClF3N2O3. The first-order chi connectivity index (χ1) is 15.4. The van der Waals surface area contributed by atoms with Gasteiger partial charge in [0.15, 0.2) is 0 Å². The summed E-state index contributed by atoms with van der Waals surface area (Å²) in [4.78, 5) is 16.7. The Hall–Kier alpha value is -2.29. The number of unbranched alkanes of at least 4 members (excludes halogenated alkanes) is 1. The fourth-order valence-electron chi connectivity index (χ4n) is 4.10. The summed E-state index contributed by atoms with van der Waals surface area (Å²) in [5.74, 6) is -2.00. The molecule has 0 unspecified atom stereocenters. The molecule has 9 heteroatoms. The summed E-state index contributed by atoms with van der Waals surface area (Å²) >= 11 is 6.03. The third-order valence-electron chi connectivity index (χ3n) is 5.80. The highest BCUT2D eigenvalue weighted by molar-refractivity contribution is 6.32. The molecule has 2 aliphatic rings. The lowest BCUT2D eigenvalue weighted by Crippen LogP contribution is -2.61. The Kier molecular flexibility index (Phi) is 7.23. The zero-order valence-corrected chi connectivity index (χ0v) is 18.2. The topological polar surface area (TPSA) is 42.0 Å². The van der Waals surface area contributed by atoms with E-state index in [2.05, 4.69) is 4.90 Å². The molecule has 1 amide bonds. The highest BCUT2D eigenvalue weighted by Crippen LogP contribution is 2.40. The SMILES string of the molecule is O=C1[C@H](Oc2ccc(F)cc2Cl)[C@H](c2cc(F)ccc2F)N1CCCCN1CCOCC1. The largest absolute Gasteiger partial charge is 0.476 e. The maximum absolute atomic E-state index is 14.6. The van der Waals surface area contributed by atoms with E-state index in [1.807, 2.05) is 0 Å². The maximum Gasteiger partial charge on any atom is 0.266 e. The quantitative estimate of drug-likeness (QED) is 0.430. The number of likely N-dealkylation sites (tertiary alicyclic amines) is 1. The number of carbonyl (C=O) groups excluding carboxylic acids is 1. The van der Waals surface area contributed by atoms with Crippen LogP contribution in [0.15, 0.2) is 36.4 Å². The Labute approximate surface area is 189 Å². The molecule has 0 bridgehead atoms. The van der Waals surface area contributed by atoms with Gasteiger partial charge in [0.25, 0.3) is 5.91 Å². The number of halogens is 4. The molecule has 32 heavy (non-hydrogen) atoms. The van der Waals surface area contributed by atoms with Crippen molar-refractivity contribution in [2.24, 2.45) is 0 Å². The average Bonchev–Trinajstić information content (AvgIpc) is 2.78. The smallest absolute Gasteiger partial charge is 0.266 e. The lowest BCUT2D eigenvalue weighted by molar-refractivity contribution is -0.164. The van der Waals surface area contributed by atoms with Gasteiger partial charge >= 0.3 is 0 Å². The highest BCUT2D eigenvalue weighted by Gasteiger charge is 2.51. The predicted molar refractivity (Wildman–Crippen MR) is 113 cm³/mol. The molecule has 5 nitrogen and oxygen atoms in total. The summed E-state index contributed by atoms with van der Waals surface area (Å²) < 4.78 is 52.9. The molecule has 2 aromatic rings. The predicted octanol–water partition coefficient (Wildman–Crippen LogP) is 4.20. The van der Waals surface area contributed by atoms with Crippen LogP contribution in [-0.2, 0) is 9.53 Å². The summed E-state index contributed by atoms with van der Waals surface area (Å²) in [6.45, 7) is 4.48. The number of morpholine rings is 1. The van der Waals surface area contributed by atoms with Crippen molar-refractivity contribution in [3.05, 3.63) is 64.4 Å². The number of rotatable bonds is 8. The van der Waals surface area contributed by atoms with Crippen molar-refractivity contribution in [1.29, 1.82) is 0 Å². The van der Waals surface area contributed by atoms with E-state index in [0.717, 1.165) is 69.6 Å². The van der Waals surface area contributed by atoms with Gasteiger partial charge in [-0.2, -0.15) is 0 Å². The minimum Gasteiger partial charge on any atom is -0.476 e. The summed E-state index contributed by atoms with van der Waals surface area (Å²) in [6, 6.07) is 5.88. The lowest BCUT2D eigenvalue weighted by atomic mass is 9.89. The van der Waals surface area contributed by atoms with Crippen LogP contribution in [0.4, 0.5) is 13.2 Å². The van der Waals surface area contributed by atoms with E-state index in [-0.39, 0.29) is 22.2 Å². The Morgan fingerprint density at radius 3 is 2.44 bits per heavy atom. The molecule has 0 spiro atoms. The Balaban J connectivity index is 1.46. The van der Waals surface area contributed by atoms with Crippen molar-refractivity contribution >= 4 is 17.5 Å². The number of hydrogen-bond donors (Lipinski definition) is 0. The van der Waals surface area contributed by atoms with Gasteiger partial charge in [-0.25, -0.2) is 13.2 Å². The third-order valence-corrected chi connectivity index (χ3v) is 6.10. The number of ether oxygens (including phenoxy) is 2. The first-order valence-corrected chi connectivity index (χ1v) is 11.0. The van der Waals surface area contributed by atoms with Crippen molar-refractivity contribution in [3.63, 3.8) is 0 Å². The summed E-state index contributed by atoms with van der Waals surface area (Å²) in [5.41, 5.74) is 0.0426. The van der Waals surface area contributed by atoms with Crippen LogP contribution < -0.4 is 4.74 Å². The molecule has 0 aromatic heterocycles.